The molecule has 3 aromatic rings. The maximum absolute atomic E-state index is 12.9. The molecular weight excluding hydrogens is 722 g/mol. The molecule has 3 N–H and O–H groups in total. The Balaban J connectivity index is 0.000000461. The summed E-state index contributed by atoms with van der Waals surface area (Å²) in [7, 11) is 0. The molecule has 0 fully saturated rings. The van der Waals surface area contributed by atoms with Crippen molar-refractivity contribution in [1.82, 2.24) is 25.2 Å². The Morgan fingerprint density at radius 3 is 1.86 bits per heavy atom. The second-order valence-corrected chi connectivity index (χ2v) is 15.3. The molecule has 0 aliphatic heterocycles. The van der Waals surface area contributed by atoms with E-state index in [9.17, 15) is 28.8 Å². The van der Waals surface area contributed by atoms with Crippen LogP contribution in [-0.2, 0) is 33.4 Å². The first-order valence-corrected chi connectivity index (χ1v) is 18.3. The third kappa shape index (κ3) is 15.1. The van der Waals surface area contributed by atoms with Crippen LogP contribution in [0.2, 0.25) is 0 Å². The van der Waals surface area contributed by atoms with Crippen LogP contribution in [0.4, 0.5) is 10.5 Å². The highest BCUT2D eigenvalue weighted by atomic mass is 16.6. The fourth-order valence-electron chi connectivity index (χ4n) is 5.19. The molecule has 0 aliphatic carbocycles. The number of esters is 2. The molecule has 3 rings (SSSR count). The molecule has 0 atom stereocenters. The number of fused-ring (bicyclic) bond motifs is 1. The fourth-order valence-corrected chi connectivity index (χ4v) is 5.19. The van der Waals surface area contributed by atoms with E-state index in [1.54, 1.807) is 65.2 Å². The third-order valence-electron chi connectivity index (χ3n) is 7.74. The van der Waals surface area contributed by atoms with Gasteiger partial charge in [0.1, 0.15) is 23.1 Å². The van der Waals surface area contributed by atoms with Gasteiger partial charge < -0.3 is 30.2 Å². The Labute approximate surface area is 328 Å². The summed E-state index contributed by atoms with van der Waals surface area (Å²) in [5.74, 6) is -1.15. The number of alkyl carbamates (subject to hydrolysis) is 1. The monoisotopic (exact) mass is 777 g/mol. The van der Waals surface area contributed by atoms with Crippen molar-refractivity contribution in [3.63, 3.8) is 0 Å². The number of rotatable bonds is 16. The number of carbonyl (C=O) groups is 6. The van der Waals surface area contributed by atoms with Gasteiger partial charge in [-0.1, -0.05) is 0 Å². The van der Waals surface area contributed by atoms with Crippen LogP contribution >= 0.6 is 0 Å². The molecule has 0 bridgehead atoms. The van der Waals surface area contributed by atoms with Gasteiger partial charge in [0, 0.05) is 75.9 Å². The zero-order valence-electron chi connectivity index (χ0n) is 34.2. The van der Waals surface area contributed by atoms with Crippen LogP contribution in [0.25, 0.3) is 16.9 Å². The Morgan fingerprint density at radius 2 is 1.36 bits per heavy atom. The van der Waals surface area contributed by atoms with Gasteiger partial charge in [-0.2, -0.15) is 5.26 Å². The highest BCUT2D eigenvalue weighted by Crippen LogP contribution is 2.24. The SMILES string of the molecule is CC(=O)OC(C)(C)C(=O)CCCNC(=O)OC(C)(C)C.CC(=O)OC(C)(C)C(=O)CCCNC(=O)c1cnc(-n2ccc3cc(C#N)cnc32)cc1NC(C)C. The van der Waals surface area contributed by atoms with E-state index in [-0.39, 0.29) is 42.9 Å². The maximum atomic E-state index is 12.9. The van der Waals surface area contributed by atoms with Crippen molar-refractivity contribution in [3.05, 3.63) is 47.9 Å². The van der Waals surface area contributed by atoms with Gasteiger partial charge in [-0.15, -0.1) is 0 Å². The largest absolute Gasteiger partial charge is 0.452 e. The summed E-state index contributed by atoms with van der Waals surface area (Å²) in [6.45, 7) is 18.6. The molecule has 0 radical (unpaired) electrons. The summed E-state index contributed by atoms with van der Waals surface area (Å²) in [5, 5.41) is 18.6. The van der Waals surface area contributed by atoms with Gasteiger partial charge >= 0.3 is 18.0 Å². The zero-order chi connectivity index (χ0) is 42.4. The Bertz CT molecular complexity index is 1940. The van der Waals surface area contributed by atoms with Gasteiger partial charge in [0.15, 0.2) is 22.8 Å². The van der Waals surface area contributed by atoms with Gasteiger partial charge in [-0.05, 0) is 87.3 Å². The molecule has 0 aliphatic rings. The van der Waals surface area contributed by atoms with E-state index in [0.29, 0.717) is 47.7 Å². The molecule has 0 spiro atoms. The molecular formula is C40H55N7O9. The number of carbonyl (C=O) groups excluding carboxylic acids is 6. The molecule has 16 nitrogen and oxygen atoms in total. The number of anilines is 1. The lowest BCUT2D eigenvalue weighted by Gasteiger charge is -2.23. The number of nitrogens with one attached hydrogen (secondary N) is 3. The summed E-state index contributed by atoms with van der Waals surface area (Å²) < 4.78 is 16.9. The highest BCUT2D eigenvalue weighted by Gasteiger charge is 2.31. The summed E-state index contributed by atoms with van der Waals surface area (Å²) in [5.41, 5.74) is -0.771. The molecule has 0 saturated carbocycles. The lowest BCUT2D eigenvalue weighted by molar-refractivity contribution is -0.162. The standard InChI is InChI=1S/C26H30N6O4.C14H25NO5/c1-16(2)31-21-12-23(32-10-8-19-11-18(13-27)14-30-24(19)32)29-15-20(21)25(35)28-9-6-7-22(34)26(4,5)36-17(3)33;1-10(16)19-14(5,6)11(17)8-7-9-15-12(18)20-13(2,3)4/h8,10-12,14-16H,6-7,9H2,1-5H3,(H,28,35)(H,29,31);7-9H2,1-6H3,(H,15,18). The second-order valence-electron chi connectivity index (χ2n) is 15.3. The molecule has 304 valence electrons. The predicted octanol–water partition coefficient (Wildman–Crippen LogP) is 5.74. The van der Waals surface area contributed by atoms with E-state index >= 15 is 0 Å². The fraction of sp³-hybridized carbons (Fsp3) is 0.525. The number of aromatic nitrogens is 3. The second kappa shape index (κ2) is 20.2. The van der Waals surface area contributed by atoms with Crippen molar-refractivity contribution in [2.45, 2.75) is 125 Å². The molecule has 3 aromatic heterocycles. The van der Waals surface area contributed by atoms with Gasteiger partial charge in [0.05, 0.1) is 16.8 Å². The molecule has 0 unspecified atom stereocenters. The number of nitrogens with zero attached hydrogens (tertiary/aromatic N) is 4. The maximum Gasteiger partial charge on any atom is 0.407 e. The van der Waals surface area contributed by atoms with Crippen LogP contribution in [0.1, 0.15) is 118 Å². The topological polar surface area (TPSA) is 221 Å². The normalized spacial score (nSPS) is 11.4. The number of Topliss-reactive ketones (excluding diaryl/α,β-unsaturated/α-hetero) is 2. The number of nitriles is 1. The predicted molar refractivity (Wildman–Crippen MR) is 209 cm³/mol. The van der Waals surface area contributed by atoms with Crippen LogP contribution in [0, 0.1) is 11.3 Å². The third-order valence-corrected chi connectivity index (χ3v) is 7.74. The van der Waals surface area contributed by atoms with Gasteiger partial charge in [-0.25, -0.2) is 14.8 Å². The van der Waals surface area contributed by atoms with Crippen LogP contribution in [0.3, 0.4) is 0 Å². The highest BCUT2D eigenvalue weighted by molar-refractivity contribution is 5.99. The van der Waals surface area contributed by atoms with E-state index in [2.05, 4.69) is 32.0 Å². The lowest BCUT2D eigenvalue weighted by atomic mass is 9.99. The first kappa shape index (κ1) is 46.3. The van der Waals surface area contributed by atoms with Crippen molar-refractivity contribution < 1.29 is 43.0 Å². The van der Waals surface area contributed by atoms with Crippen molar-refractivity contribution >= 4 is 52.2 Å². The molecule has 56 heavy (non-hydrogen) atoms. The summed E-state index contributed by atoms with van der Waals surface area (Å²) in [6, 6.07) is 7.53. The van der Waals surface area contributed by atoms with E-state index < -0.39 is 34.8 Å². The quantitative estimate of drug-likeness (QED) is 0.0899. The number of pyridine rings is 2. The summed E-state index contributed by atoms with van der Waals surface area (Å²) in [4.78, 5) is 79.4. The average Bonchev–Trinajstić information content (AvgIpc) is 3.49. The van der Waals surface area contributed by atoms with E-state index in [4.69, 9.17) is 19.5 Å². The lowest BCUT2D eigenvalue weighted by Crippen LogP contribution is -2.37. The molecule has 3 heterocycles. The molecule has 0 aromatic carbocycles. The average molecular weight is 778 g/mol. The number of amides is 2. The number of ketones is 2. The minimum atomic E-state index is -1.20. The van der Waals surface area contributed by atoms with Crippen LogP contribution in [0.5, 0.6) is 0 Å². The molecule has 0 saturated heterocycles. The molecule has 16 heteroatoms. The number of ether oxygens (including phenoxy) is 3. The van der Waals surface area contributed by atoms with Crippen molar-refractivity contribution in [1.29, 1.82) is 5.26 Å². The summed E-state index contributed by atoms with van der Waals surface area (Å²) >= 11 is 0. The van der Waals surface area contributed by atoms with Gasteiger partial charge in [-0.3, -0.25) is 28.5 Å². The first-order valence-electron chi connectivity index (χ1n) is 18.3. The van der Waals surface area contributed by atoms with Crippen LogP contribution in [-0.4, -0.2) is 86.0 Å². The van der Waals surface area contributed by atoms with E-state index in [0.717, 1.165) is 5.39 Å². The molecule has 2 amide bonds. The van der Waals surface area contributed by atoms with Gasteiger partial charge in [0.25, 0.3) is 5.91 Å². The Hall–Kier alpha value is -5.85. The smallest absolute Gasteiger partial charge is 0.407 e. The van der Waals surface area contributed by atoms with Crippen LogP contribution < -0.4 is 16.0 Å². The van der Waals surface area contributed by atoms with Crippen molar-refractivity contribution in [2.24, 2.45) is 0 Å². The summed E-state index contributed by atoms with van der Waals surface area (Å²) in [6.07, 6.45) is 5.55. The first-order chi connectivity index (χ1) is 26.0. The minimum Gasteiger partial charge on any atom is -0.452 e. The number of hydrogen-bond acceptors (Lipinski definition) is 13. The van der Waals surface area contributed by atoms with E-state index in [1.165, 1.54) is 26.2 Å². The minimum absolute atomic E-state index is 0.0608. The van der Waals surface area contributed by atoms with Gasteiger partial charge in [0.2, 0.25) is 0 Å². The zero-order valence-corrected chi connectivity index (χ0v) is 34.2. The Kier molecular flexibility index (Phi) is 16.7. The Morgan fingerprint density at radius 1 is 0.804 bits per heavy atom. The van der Waals surface area contributed by atoms with Crippen molar-refractivity contribution in [2.75, 3.05) is 18.4 Å². The van der Waals surface area contributed by atoms with Crippen LogP contribution in [0.15, 0.2) is 36.8 Å². The van der Waals surface area contributed by atoms with E-state index in [1.807, 2.05) is 26.1 Å². The van der Waals surface area contributed by atoms with Crippen molar-refractivity contribution in [3.8, 4) is 11.9 Å². The number of hydrogen-bond donors (Lipinski definition) is 3.